The molecule has 0 N–H and O–H groups in total. The second kappa shape index (κ2) is 7.43. The molecule has 0 aliphatic carbocycles. The Balaban J connectivity index is 2.30. The van der Waals surface area contributed by atoms with Crippen molar-refractivity contribution < 1.29 is 22.4 Å². The van der Waals surface area contributed by atoms with Crippen molar-refractivity contribution in [1.82, 2.24) is 0 Å². The first-order valence-electron chi connectivity index (χ1n) is 6.40. The van der Waals surface area contributed by atoms with Gasteiger partial charge in [0.25, 0.3) is 0 Å². The molecule has 19 heavy (non-hydrogen) atoms. The molecule has 0 unspecified atom stereocenters. The lowest BCUT2D eigenvalue weighted by Crippen LogP contribution is -2.33. The molecule has 0 fully saturated rings. The Bertz CT molecular complexity index is 380. The zero-order valence-electron chi connectivity index (χ0n) is 11.2. The highest BCUT2D eigenvalue weighted by atomic mass is 19.4. The molecule has 0 saturated carbocycles. The minimum atomic E-state index is -4.97. The molecule has 0 saturated heterocycles. The summed E-state index contributed by atoms with van der Waals surface area (Å²) in [6.45, 7) is 0.514. The first kappa shape index (κ1) is 15.9. The standard InChI is InChI=1S/C13H19BF3O2/c1-11(2)6-7-18-8-9-19-13-5-3-4-12(10-13)14(15,16)17/h3-5,10-11H,6-9H2,1-2H3/q-1. The predicted octanol–water partition coefficient (Wildman–Crippen LogP) is 3.18. The molecular formula is C13H19BF3O2-. The van der Waals surface area contributed by atoms with E-state index in [1.165, 1.54) is 12.1 Å². The van der Waals surface area contributed by atoms with E-state index in [4.69, 9.17) is 9.47 Å². The van der Waals surface area contributed by atoms with Crippen molar-refractivity contribution in [2.45, 2.75) is 20.3 Å². The Labute approximate surface area is 112 Å². The third kappa shape index (κ3) is 6.52. The molecule has 0 aliphatic rings. The summed E-state index contributed by atoms with van der Waals surface area (Å²) < 4.78 is 48.1. The van der Waals surface area contributed by atoms with Crippen LogP contribution in [-0.2, 0) is 4.74 Å². The second-order valence-corrected chi connectivity index (χ2v) is 4.79. The molecule has 0 bridgehead atoms. The summed E-state index contributed by atoms with van der Waals surface area (Å²) in [7, 11) is 0. The zero-order chi connectivity index (χ0) is 14.3. The van der Waals surface area contributed by atoms with E-state index in [9.17, 15) is 12.9 Å². The highest BCUT2D eigenvalue weighted by molar-refractivity contribution is 6.73. The van der Waals surface area contributed by atoms with E-state index < -0.39 is 12.4 Å². The molecule has 6 heteroatoms. The second-order valence-electron chi connectivity index (χ2n) is 4.79. The first-order chi connectivity index (χ1) is 8.89. The fourth-order valence-electron chi connectivity index (χ4n) is 1.45. The summed E-state index contributed by atoms with van der Waals surface area (Å²) in [5.41, 5.74) is -0.641. The molecule has 2 nitrogen and oxygen atoms in total. The number of ether oxygens (including phenoxy) is 2. The van der Waals surface area contributed by atoms with Gasteiger partial charge in [-0.3, -0.25) is 0 Å². The number of halogens is 3. The van der Waals surface area contributed by atoms with Crippen LogP contribution in [0.1, 0.15) is 20.3 Å². The molecule has 0 radical (unpaired) electrons. The molecule has 0 aromatic heterocycles. The van der Waals surface area contributed by atoms with Crippen LogP contribution < -0.4 is 10.2 Å². The Morgan fingerprint density at radius 1 is 1.11 bits per heavy atom. The van der Waals surface area contributed by atoms with Crippen LogP contribution in [0.15, 0.2) is 24.3 Å². The quantitative estimate of drug-likeness (QED) is 0.536. The Kier molecular flexibility index (Phi) is 6.21. The summed E-state index contributed by atoms with van der Waals surface area (Å²) >= 11 is 0. The van der Waals surface area contributed by atoms with Gasteiger partial charge in [-0.25, -0.2) is 0 Å². The molecule has 0 aliphatic heterocycles. The Morgan fingerprint density at radius 3 is 2.47 bits per heavy atom. The van der Waals surface area contributed by atoms with Crippen molar-refractivity contribution in [3.05, 3.63) is 24.3 Å². The fourth-order valence-corrected chi connectivity index (χ4v) is 1.45. The third-order valence-electron chi connectivity index (χ3n) is 2.57. The van der Waals surface area contributed by atoms with Gasteiger partial charge in [-0.2, -0.15) is 0 Å². The van der Waals surface area contributed by atoms with Gasteiger partial charge < -0.3 is 22.4 Å². The first-order valence-corrected chi connectivity index (χ1v) is 6.40. The van der Waals surface area contributed by atoms with Gasteiger partial charge in [-0.1, -0.05) is 26.0 Å². The SMILES string of the molecule is CC(C)CCOCCOc1cccc([B-](F)(F)F)c1. The van der Waals surface area contributed by atoms with Crippen molar-refractivity contribution in [3.8, 4) is 5.75 Å². The van der Waals surface area contributed by atoms with E-state index in [1.807, 2.05) is 0 Å². The van der Waals surface area contributed by atoms with Gasteiger partial charge in [-0.15, -0.1) is 5.46 Å². The summed E-state index contributed by atoms with van der Waals surface area (Å²) in [6, 6.07) is 4.93. The minimum Gasteiger partial charge on any atom is -0.491 e. The zero-order valence-corrected chi connectivity index (χ0v) is 11.2. The molecule has 1 aromatic rings. The van der Waals surface area contributed by atoms with Gasteiger partial charge in [0.05, 0.1) is 6.61 Å². The normalized spacial score (nSPS) is 11.9. The van der Waals surface area contributed by atoms with Crippen molar-refractivity contribution in [2.24, 2.45) is 5.92 Å². The summed E-state index contributed by atoms with van der Waals surface area (Å²) in [5.74, 6) is 0.802. The lowest BCUT2D eigenvalue weighted by atomic mass is 9.80. The van der Waals surface area contributed by atoms with E-state index >= 15 is 0 Å². The van der Waals surface area contributed by atoms with Crippen LogP contribution in [0, 0.1) is 5.92 Å². The third-order valence-corrected chi connectivity index (χ3v) is 2.57. The van der Waals surface area contributed by atoms with Crippen LogP contribution in [0.25, 0.3) is 0 Å². The van der Waals surface area contributed by atoms with Gasteiger partial charge >= 0.3 is 6.98 Å². The molecular weight excluding hydrogens is 256 g/mol. The summed E-state index contributed by atoms with van der Waals surface area (Å²) in [6.07, 6.45) is 0.964. The smallest absolute Gasteiger partial charge is 0.491 e. The van der Waals surface area contributed by atoms with E-state index in [0.29, 0.717) is 19.1 Å². The fraction of sp³-hybridized carbons (Fsp3) is 0.538. The molecule has 0 amide bonds. The van der Waals surface area contributed by atoms with Crippen molar-refractivity contribution in [2.75, 3.05) is 19.8 Å². The number of benzene rings is 1. The highest BCUT2D eigenvalue weighted by Crippen LogP contribution is 2.14. The maximum absolute atomic E-state index is 12.5. The maximum Gasteiger partial charge on any atom is 0.509 e. The average Bonchev–Trinajstić information content (AvgIpc) is 2.32. The van der Waals surface area contributed by atoms with Crippen LogP contribution >= 0.6 is 0 Å². The van der Waals surface area contributed by atoms with Gasteiger partial charge in [0.15, 0.2) is 0 Å². The number of rotatable bonds is 8. The van der Waals surface area contributed by atoms with E-state index in [0.717, 1.165) is 18.6 Å². The summed E-state index contributed by atoms with van der Waals surface area (Å²) in [4.78, 5) is 0. The molecule has 108 valence electrons. The van der Waals surface area contributed by atoms with Crippen LogP contribution in [0.5, 0.6) is 5.75 Å². The lowest BCUT2D eigenvalue weighted by molar-refractivity contribution is 0.0926. The van der Waals surface area contributed by atoms with Crippen LogP contribution in [0.3, 0.4) is 0 Å². The molecule has 0 spiro atoms. The van der Waals surface area contributed by atoms with Gasteiger partial charge in [0, 0.05) is 6.61 Å². The van der Waals surface area contributed by atoms with Crippen LogP contribution in [-0.4, -0.2) is 26.8 Å². The molecule has 0 heterocycles. The largest absolute Gasteiger partial charge is 0.509 e. The van der Waals surface area contributed by atoms with Gasteiger partial charge in [0.1, 0.15) is 12.4 Å². The van der Waals surface area contributed by atoms with E-state index in [-0.39, 0.29) is 12.4 Å². The number of hydrogen-bond donors (Lipinski definition) is 0. The molecule has 1 aromatic carbocycles. The van der Waals surface area contributed by atoms with Crippen LogP contribution in [0.2, 0.25) is 0 Å². The average molecular weight is 275 g/mol. The molecule has 0 atom stereocenters. The van der Waals surface area contributed by atoms with Crippen molar-refractivity contribution in [3.63, 3.8) is 0 Å². The Hall–Kier alpha value is -1.17. The van der Waals surface area contributed by atoms with E-state index in [1.54, 1.807) is 0 Å². The molecule has 1 rings (SSSR count). The predicted molar refractivity (Wildman–Crippen MR) is 70.9 cm³/mol. The van der Waals surface area contributed by atoms with Crippen LogP contribution in [0.4, 0.5) is 12.9 Å². The van der Waals surface area contributed by atoms with E-state index in [2.05, 4.69) is 13.8 Å². The van der Waals surface area contributed by atoms with Gasteiger partial charge in [-0.05, 0) is 24.5 Å². The Morgan fingerprint density at radius 2 is 1.84 bits per heavy atom. The summed E-state index contributed by atoms with van der Waals surface area (Å²) in [5, 5.41) is 0. The van der Waals surface area contributed by atoms with Crippen molar-refractivity contribution >= 4 is 12.4 Å². The highest BCUT2D eigenvalue weighted by Gasteiger charge is 2.25. The maximum atomic E-state index is 12.5. The topological polar surface area (TPSA) is 18.5 Å². The van der Waals surface area contributed by atoms with Crippen molar-refractivity contribution in [1.29, 1.82) is 0 Å². The minimum absolute atomic E-state index is 0.226. The lowest BCUT2D eigenvalue weighted by Gasteiger charge is -2.16. The monoisotopic (exact) mass is 275 g/mol. The number of hydrogen-bond acceptors (Lipinski definition) is 2. The van der Waals surface area contributed by atoms with Gasteiger partial charge in [0.2, 0.25) is 0 Å².